The number of primary amides is 1. The molecule has 1 fully saturated rings. The van der Waals surface area contributed by atoms with Crippen LogP contribution >= 0.6 is 11.3 Å². The van der Waals surface area contributed by atoms with Gasteiger partial charge in [0.15, 0.2) is 0 Å². The number of aromatic amines is 1. The molecule has 1 saturated heterocycles. The second-order valence-corrected chi connectivity index (χ2v) is 10.3. The van der Waals surface area contributed by atoms with E-state index in [1.165, 1.54) is 5.56 Å². The zero-order valence-corrected chi connectivity index (χ0v) is 18.0. The first kappa shape index (κ1) is 19.3. The van der Waals surface area contributed by atoms with Crippen molar-refractivity contribution in [1.82, 2.24) is 4.98 Å². The molecule has 2 aromatic carbocycles. The van der Waals surface area contributed by atoms with Gasteiger partial charge >= 0.3 is 0 Å². The molecule has 1 aliphatic rings. The maximum atomic E-state index is 12.8. The van der Waals surface area contributed by atoms with Gasteiger partial charge in [0.1, 0.15) is 0 Å². The van der Waals surface area contributed by atoms with E-state index in [9.17, 15) is 9.00 Å². The number of H-pyrrole nitrogens is 1. The Hall–Kier alpha value is -2.70. The topological polar surface area (TPSA) is 76.0 Å². The number of nitrogens with one attached hydrogen (secondary N) is 1. The van der Waals surface area contributed by atoms with Crippen LogP contribution in [0.4, 0.5) is 0 Å². The van der Waals surface area contributed by atoms with Crippen LogP contribution in [0.15, 0.2) is 65.5 Å². The molecule has 0 radical (unpaired) electrons. The summed E-state index contributed by atoms with van der Waals surface area (Å²) in [5, 5.41) is 5.18. The van der Waals surface area contributed by atoms with E-state index in [0.29, 0.717) is 11.3 Å². The Bertz CT molecular complexity index is 1230. The van der Waals surface area contributed by atoms with Crippen LogP contribution in [0.1, 0.15) is 45.5 Å². The minimum absolute atomic E-state index is 0.0329. The zero-order chi connectivity index (χ0) is 20.7. The largest absolute Gasteiger partial charge is 0.366 e. The molecule has 0 aliphatic carbocycles. The van der Waals surface area contributed by atoms with Gasteiger partial charge in [-0.2, -0.15) is 11.3 Å². The second kappa shape index (κ2) is 7.85. The molecule has 6 heteroatoms. The Morgan fingerprint density at radius 1 is 1.13 bits per heavy atom. The highest BCUT2D eigenvalue weighted by atomic mass is 32.2. The van der Waals surface area contributed by atoms with Crippen molar-refractivity contribution in [2.45, 2.75) is 24.0 Å². The number of carbonyl (C=O) groups excluding carboxylic acids is 1. The lowest BCUT2D eigenvalue weighted by Gasteiger charge is -2.29. The maximum absolute atomic E-state index is 12.8. The van der Waals surface area contributed by atoms with Crippen molar-refractivity contribution in [3.8, 4) is 11.1 Å². The highest BCUT2D eigenvalue weighted by Gasteiger charge is 2.31. The third-order valence-corrected chi connectivity index (χ3v) is 8.46. The molecule has 1 amide bonds. The van der Waals surface area contributed by atoms with Crippen molar-refractivity contribution in [2.24, 2.45) is 5.73 Å². The molecule has 3 heterocycles. The van der Waals surface area contributed by atoms with Crippen LogP contribution in [0.5, 0.6) is 0 Å². The van der Waals surface area contributed by atoms with E-state index in [0.717, 1.165) is 40.4 Å². The number of hydrogen-bond donors (Lipinski definition) is 2. The smallest absolute Gasteiger partial charge is 0.250 e. The number of benzene rings is 2. The van der Waals surface area contributed by atoms with Gasteiger partial charge in [0, 0.05) is 28.1 Å². The number of hydrogen-bond acceptors (Lipinski definition) is 3. The Labute approximate surface area is 181 Å². The van der Waals surface area contributed by atoms with E-state index < -0.39 is 16.7 Å². The summed E-state index contributed by atoms with van der Waals surface area (Å²) >= 11 is 1.63. The molecular formula is C24H22N2O2S2. The van der Waals surface area contributed by atoms with Gasteiger partial charge in [-0.1, -0.05) is 30.3 Å². The quantitative estimate of drug-likeness (QED) is 0.453. The molecule has 1 aliphatic heterocycles. The van der Waals surface area contributed by atoms with Crippen LogP contribution in [0.2, 0.25) is 0 Å². The van der Waals surface area contributed by atoms with Gasteiger partial charge in [-0.3, -0.25) is 9.00 Å². The number of nitrogens with two attached hydrogens (primary N) is 1. The van der Waals surface area contributed by atoms with Gasteiger partial charge in [0.05, 0.1) is 16.3 Å². The van der Waals surface area contributed by atoms with Crippen molar-refractivity contribution >= 4 is 38.9 Å². The monoisotopic (exact) mass is 434 g/mol. The van der Waals surface area contributed by atoms with Gasteiger partial charge in [-0.15, -0.1) is 0 Å². The van der Waals surface area contributed by atoms with Crippen LogP contribution in [0.3, 0.4) is 0 Å². The summed E-state index contributed by atoms with van der Waals surface area (Å²) in [6, 6.07) is 16.2. The highest BCUT2D eigenvalue weighted by molar-refractivity contribution is 7.85. The van der Waals surface area contributed by atoms with E-state index in [1.807, 2.05) is 35.8 Å². The minimum Gasteiger partial charge on any atom is -0.366 e. The van der Waals surface area contributed by atoms with Crippen LogP contribution in [0.25, 0.3) is 22.0 Å². The fourth-order valence-corrected chi connectivity index (χ4v) is 6.88. The van der Waals surface area contributed by atoms with E-state index in [4.69, 9.17) is 5.73 Å². The number of carbonyl (C=O) groups is 1. The summed E-state index contributed by atoms with van der Waals surface area (Å²) in [6.07, 6.45) is 3.71. The molecule has 4 nitrogen and oxygen atoms in total. The molecule has 4 aromatic rings. The number of amides is 1. The van der Waals surface area contributed by atoms with Crippen LogP contribution in [-0.2, 0) is 10.8 Å². The fraction of sp³-hybridized carbons (Fsp3) is 0.208. The summed E-state index contributed by atoms with van der Waals surface area (Å²) in [6.45, 7) is 0. The zero-order valence-electron chi connectivity index (χ0n) is 16.3. The van der Waals surface area contributed by atoms with Crippen molar-refractivity contribution in [1.29, 1.82) is 0 Å². The van der Waals surface area contributed by atoms with E-state index in [2.05, 4.69) is 34.6 Å². The summed E-state index contributed by atoms with van der Waals surface area (Å²) in [5.74, 6) is 0.529. The van der Waals surface area contributed by atoms with Gasteiger partial charge in [-0.25, -0.2) is 0 Å². The first-order chi connectivity index (χ1) is 14.6. The molecule has 30 heavy (non-hydrogen) atoms. The number of rotatable bonds is 4. The minimum atomic E-state index is -0.868. The predicted molar refractivity (Wildman–Crippen MR) is 124 cm³/mol. The molecule has 152 valence electrons. The summed E-state index contributed by atoms with van der Waals surface area (Å²) in [7, 11) is -0.868. The van der Waals surface area contributed by atoms with Crippen LogP contribution in [-0.4, -0.2) is 20.9 Å². The average molecular weight is 435 g/mol. The van der Waals surface area contributed by atoms with Gasteiger partial charge in [0.25, 0.3) is 5.91 Å². The van der Waals surface area contributed by atoms with Crippen LogP contribution < -0.4 is 5.73 Å². The average Bonchev–Trinajstić information content (AvgIpc) is 3.44. The van der Waals surface area contributed by atoms with Crippen molar-refractivity contribution in [3.63, 3.8) is 0 Å². The summed E-state index contributed by atoms with van der Waals surface area (Å²) in [4.78, 5) is 15.5. The maximum Gasteiger partial charge on any atom is 0.250 e. The molecular weight excluding hydrogens is 412 g/mol. The molecule has 3 unspecified atom stereocenters. The van der Waals surface area contributed by atoms with Crippen molar-refractivity contribution in [2.75, 3.05) is 5.75 Å². The number of aromatic nitrogens is 1. The van der Waals surface area contributed by atoms with Crippen molar-refractivity contribution in [3.05, 3.63) is 82.2 Å². The summed E-state index contributed by atoms with van der Waals surface area (Å²) < 4.78 is 12.8. The highest BCUT2D eigenvalue weighted by Crippen LogP contribution is 2.42. The van der Waals surface area contributed by atoms with E-state index in [-0.39, 0.29) is 11.2 Å². The van der Waals surface area contributed by atoms with Gasteiger partial charge in [-0.05, 0) is 70.0 Å². The van der Waals surface area contributed by atoms with Crippen molar-refractivity contribution < 1.29 is 9.00 Å². The molecule has 5 rings (SSSR count). The third kappa shape index (κ3) is 3.40. The molecule has 3 N–H and O–H groups in total. The number of thiophene rings is 1. The SMILES string of the molecule is NC(=O)c1cc(-c2ccsc2)cc2c(C3CCS(=O)C(c4ccccc4)C3)c[nH]c12. The Kier molecular flexibility index (Phi) is 5.05. The van der Waals surface area contributed by atoms with Gasteiger partial charge in [0.2, 0.25) is 0 Å². The standard InChI is InChI=1S/C24H22N2O2S2/c25-24(27)20-11-18(17-6-8-29-14-17)10-19-21(13-26-23(19)20)16-7-9-30(28)22(12-16)15-4-2-1-3-5-15/h1-6,8,10-11,13-14,16,22,26H,7,9,12H2,(H2,25,27). The van der Waals surface area contributed by atoms with Crippen LogP contribution in [0, 0.1) is 0 Å². The molecule has 2 aromatic heterocycles. The first-order valence-electron chi connectivity index (χ1n) is 10.0. The number of fused-ring (bicyclic) bond motifs is 1. The van der Waals surface area contributed by atoms with E-state index in [1.54, 1.807) is 11.3 Å². The normalized spacial score (nSPS) is 21.7. The lowest BCUT2D eigenvalue weighted by molar-refractivity contribution is 0.100. The second-order valence-electron chi connectivity index (χ2n) is 7.77. The van der Waals surface area contributed by atoms with Gasteiger partial charge < -0.3 is 10.7 Å². The Balaban J connectivity index is 1.59. The molecule has 0 bridgehead atoms. The lowest BCUT2D eigenvalue weighted by Crippen LogP contribution is -2.21. The van der Waals surface area contributed by atoms with E-state index >= 15 is 0 Å². The predicted octanol–water partition coefficient (Wildman–Crippen LogP) is 5.36. The third-order valence-electron chi connectivity index (χ3n) is 6.04. The summed E-state index contributed by atoms with van der Waals surface area (Å²) in [5.41, 5.74) is 11.4. The Morgan fingerprint density at radius 3 is 2.70 bits per heavy atom. The molecule has 3 atom stereocenters. The first-order valence-corrected chi connectivity index (χ1v) is 12.3. The molecule has 0 spiro atoms. The molecule has 0 saturated carbocycles. The Morgan fingerprint density at radius 2 is 1.97 bits per heavy atom. The lowest BCUT2D eigenvalue weighted by atomic mass is 9.88. The fourth-order valence-electron chi connectivity index (χ4n) is 4.50.